The number of anilines is 2. The minimum atomic E-state index is -4.40. The highest BCUT2D eigenvalue weighted by molar-refractivity contribution is 5.59. The van der Waals surface area contributed by atoms with Crippen LogP contribution in [0.15, 0.2) is 42.5 Å². The predicted octanol–water partition coefficient (Wildman–Crippen LogP) is 3.85. The van der Waals surface area contributed by atoms with E-state index in [2.05, 4.69) is 11.0 Å². The fourth-order valence-corrected chi connectivity index (χ4v) is 2.76. The lowest BCUT2D eigenvalue weighted by atomic mass is 10.1. The number of fused-ring (bicyclic) bond motifs is 1. The van der Waals surface area contributed by atoms with Crippen LogP contribution < -0.4 is 10.6 Å². The minimum Gasteiger partial charge on any atom is -0.398 e. The molecule has 21 heavy (non-hydrogen) atoms. The number of nitrogen functional groups attached to an aromatic ring is 1. The summed E-state index contributed by atoms with van der Waals surface area (Å²) in [5, 5.41) is 0. The molecule has 0 radical (unpaired) electrons. The van der Waals surface area contributed by atoms with E-state index in [-0.39, 0.29) is 5.69 Å². The summed E-state index contributed by atoms with van der Waals surface area (Å²) in [5.41, 5.74) is 7.77. The van der Waals surface area contributed by atoms with Gasteiger partial charge in [0, 0.05) is 24.5 Å². The molecule has 0 aliphatic carbocycles. The van der Waals surface area contributed by atoms with E-state index in [1.165, 1.54) is 17.7 Å². The monoisotopic (exact) mass is 292 g/mol. The molecule has 0 amide bonds. The topological polar surface area (TPSA) is 29.3 Å². The molecule has 0 bridgehead atoms. The molecule has 1 heterocycles. The molecule has 3 rings (SSSR count). The van der Waals surface area contributed by atoms with Gasteiger partial charge in [-0.2, -0.15) is 13.2 Å². The number of hydrogen-bond acceptors (Lipinski definition) is 2. The normalized spacial score (nSPS) is 14.3. The van der Waals surface area contributed by atoms with Crippen molar-refractivity contribution in [3.05, 3.63) is 59.2 Å². The van der Waals surface area contributed by atoms with Crippen LogP contribution in [0, 0.1) is 0 Å². The molecule has 0 spiro atoms. The molecule has 110 valence electrons. The highest BCUT2D eigenvalue weighted by Gasteiger charge is 2.32. The second-order valence-electron chi connectivity index (χ2n) is 5.22. The summed E-state index contributed by atoms with van der Waals surface area (Å²) in [5.74, 6) is 0. The molecule has 2 N–H and O–H groups in total. The molecular weight excluding hydrogens is 277 g/mol. The van der Waals surface area contributed by atoms with Gasteiger partial charge in [0.05, 0.1) is 5.56 Å². The van der Waals surface area contributed by atoms with Gasteiger partial charge in [-0.25, -0.2) is 0 Å². The zero-order chi connectivity index (χ0) is 15.0. The van der Waals surface area contributed by atoms with Crippen molar-refractivity contribution in [2.24, 2.45) is 0 Å². The van der Waals surface area contributed by atoms with Crippen LogP contribution >= 0.6 is 0 Å². The third-order valence-electron chi connectivity index (χ3n) is 3.78. The molecule has 2 nitrogen and oxygen atoms in total. The summed E-state index contributed by atoms with van der Waals surface area (Å²) in [7, 11) is 0. The average Bonchev–Trinajstić information content (AvgIpc) is 2.81. The van der Waals surface area contributed by atoms with Crippen molar-refractivity contribution in [1.82, 2.24) is 0 Å². The Balaban J connectivity index is 1.83. The maximum Gasteiger partial charge on any atom is 0.418 e. The minimum absolute atomic E-state index is 0.215. The van der Waals surface area contributed by atoms with Crippen LogP contribution in [-0.2, 0) is 19.1 Å². The maximum atomic E-state index is 12.7. The van der Waals surface area contributed by atoms with Crippen molar-refractivity contribution in [1.29, 1.82) is 0 Å². The first-order chi connectivity index (χ1) is 9.95. The lowest BCUT2D eigenvalue weighted by Gasteiger charge is -2.20. The summed E-state index contributed by atoms with van der Waals surface area (Å²) in [6, 6.07) is 12.1. The van der Waals surface area contributed by atoms with E-state index in [9.17, 15) is 13.2 Å². The number of para-hydroxylation sites is 1. The molecule has 0 aromatic heterocycles. The largest absolute Gasteiger partial charge is 0.418 e. The number of benzene rings is 2. The van der Waals surface area contributed by atoms with Crippen LogP contribution in [-0.4, -0.2) is 6.54 Å². The van der Waals surface area contributed by atoms with Gasteiger partial charge >= 0.3 is 6.18 Å². The Morgan fingerprint density at radius 1 is 1.10 bits per heavy atom. The number of alkyl halides is 3. The van der Waals surface area contributed by atoms with Crippen molar-refractivity contribution >= 4 is 11.4 Å². The Morgan fingerprint density at radius 3 is 2.57 bits per heavy atom. The number of halogens is 3. The van der Waals surface area contributed by atoms with Gasteiger partial charge in [-0.15, -0.1) is 0 Å². The summed E-state index contributed by atoms with van der Waals surface area (Å²) < 4.78 is 38.1. The van der Waals surface area contributed by atoms with Crippen molar-refractivity contribution in [2.75, 3.05) is 17.2 Å². The number of hydrogen-bond donors (Lipinski definition) is 1. The molecule has 1 aliphatic heterocycles. The van der Waals surface area contributed by atoms with Gasteiger partial charge in [0.25, 0.3) is 0 Å². The van der Waals surface area contributed by atoms with Crippen molar-refractivity contribution < 1.29 is 13.2 Å². The molecule has 2 aromatic carbocycles. The Bertz CT molecular complexity index is 665. The van der Waals surface area contributed by atoms with Gasteiger partial charge in [0.15, 0.2) is 0 Å². The van der Waals surface area contributed by atoms with Gasteiger partial charge in [-0.05, 0) is 35.7 Å². The maximum absolute atomic E-state index is 12.7. The van der Waals surface area contributed by atoms with E-state index in [1.807, 2.05) is 18.2 Å². The van der Waals surface area contributed by atoms with E-state index >= 15 is 0 Å². The zero-order valence-electron chi connectivity index (χ0n) is 11.3. The number of rotatable bonds is 2. The third kappa shape index (κ3) is 2.68. The van der Waals surface area contributed by atoms with Crippen molar-refractivity contribution in [2.45, 2.75) is 19.1 Å². The smallest absolute Gasteiger partial charge is 0.398 e. The molecule has 0 atom stereocenters. The molecule has 2 aromatic rings. The molecule has 1 aliphatic rings. The Hall–Kier alpha value is -2.17. The highest BCUT2D eigenvalue weighted by atomic mass is 19.4. The quantitative estimate of drug-likeness (QED) is 0.852. The van der Waals surface area contributed by atoms with Gasteiger partial charge in [-0.1, -0.05) is 24.3 Å². The van der Waals surface area contributed by atoms with E-state index in [0.717, 1.165) is 30.3 Å². The van der Waals surface area contributed by atoms with E-state index in [1.54, 1.807) is 0 Å². The fourth-order valence-electron chi connectivity index (χ4n) is 2.76. The van der Waals surface area contributed by atoms with Gasteiger partial charge < -0.3 is 10.6 Å². The lowest BCUT2D eigenvalue weighted by molar-refractivity contribution is -0.136. The third-order valence-corrected chi connectivity index (χ3v) is 3.78. The molecule has 0 saturated carbocycles. The highest BCUT2D eigenvalue weighted by Crippen LogP contribution is 2.35. The van der Waals surface area contributed by atoms with E-state index in [4.69, 9.17) is 5.73 Å². The van der Waals surface area contributed by atoms with Crippen LogP contribution in [0.1, 0.15) is 16.7 Å². The van der Waals surface area contributed by atoms with Gasteiger partial charge in [0.1, 0.15) is 0 Å². The second-order valence-corrected chi connectivity index (χ2v) is 5.22. The average molecular weight is 292 g/mol. The molecule has 0 saturated heterocycles. The SMILES string of the molecule is Nc1cc(CN2CCc3ccccc32)ccc1C(F)(F)F. The first kappa shape index (κ1) is 13.8. The lowest BCUT2D eigenvalue weighted by Crippen LogP contribution is -2.20. The van der Waals surface area contributed by atoms with Gasteiger partial charge in [-0.3, -0.25) is 0 Å². The van der Waals surface area contributed by atoms with Crippen LogP contribution in [0.4, 0.5) is 24.5 Å². The summed E-state index contributed by atoms with van der Waals surface area (Å²) in [6.07, 6.45) is -3.44. The number of nitrogens with two attached hydrogens (primary N) is 1. The first-order valence-electron chi connectivity index (χ1n) is 6.73. The zero-order valence-corrected chi connectivity index (χ0v) is 11.3. The summed E-state index contributed by atoms with van der Waals surface area (Å²) >= 11 is 0. The van der Waals surface area contributed by atoms with Crippen molar-refractivity contribution in [3.8, 4) is 0 Å². The van der Waals surface area contributed by atoms with Crippen molar-refractivity contribution in [3.63, 3.8) is 0 Å². The molecular formula is C16H15F3N2. The second kappa shape index (κ2) is 4.98. The van der Waals surface area contributed by atoms with Gasteiger partial charge in [0.2, 0.25) is 0 Å². The first-order valence-corrected chi connectivity index (χ1v) is 6.73. The predicted molar refractivity (Wildman–Crippen MR) is 77.1 cm³/mol. The number of nitrogens with zero attached hydrogens (tertiary/aromatic N) is 1. The van der Waals surface area contributed by atoms with E-state index in [0.29, 0.717) is 6.54 Å². The fraction of sp³-hybridized carbons (Fsp3) is 0.250. The van der Waals surface area contributed by atoms with Crippen LogP contribution in [0.25, 0.3) is 0 Å². The standard InChI is InChI=1S/C16H15F3N2/c17-16(18,19)13-6-5-11(9-14(13)20)10-21-8-7-12-3-1-2-4-15(12)21/h1-6,9H,7-8,10,20H2. The Kier molecular flexibility index (Phi) is 3.27. The van der Waals surface area contributed by atoms with Crippen LogP contribution in [0.3, 0.4) is 0 Å². The van der Waals surface area contributed by atoms with Crippen LogP contribution in [0.2, 0.25) is 0 Å². The Labute approximate surface area is 121 Å². The summed E-state index contributed by atoms with van der Waals surface area (Å²) in [6.45, 7) is 1.44. The Morgan fingerprint density at radius 2 is 1.86 bits per heavy atom. The molecule has 0 fully saturated rings. The molecule has 5 heteroatoms. The molecule has 0 unspecified atom stereocenters. The van der Waals surface area contributed by atoms with E-state index < -0.39 is 11.7 Å². The van der Waals surface area contributed by atoms with Crippen LogP contribution in [0.5, 0.6) is 0 Å². The summed E-state index contributed by atoms with van der Waals surface area (Å²) in [4.78, 5) is 2.16.